The van der Waals surface area contributed by atoms with Crippen LogP contribution in [-0.4, -0.2) is 20.2 Å². The van der Waals surface area contributed by atoms with Crippen molar-refractivity contribution < 1.29 is 4.74 Å². The molecule has 0 saturated heterocycles. The fourth-order valence-electron chi connectivity index (χ4n) is 1.34. The van der Waals surface area contributed by atoms with Crippen LogP contribution >= 0.6 is 15.9 Å². The first kappa shape index (κ1) is 11.7. The molecule has 0 saturated carbocycles. The summed E-state index contributed by atoms with van der Waals surface area (Å²) in [5.74, 6) is 0. The SMILES string of the molecule is CCO[C@@H](CNC)c1ccc(Br)cc1. The first-order valence-corrected chi connectivity index (χ1v) is 5.59. The van der Waals surface area contributed by atoms with E-state index in [0.717, 1.165) is 17.6 Å². The van der Waals surface area contributed by atoms with Crippen LogP contribution in [0.15, 0.2) is 28.7 Å². The van der Waals surface area contributed by atoms with Gasteiger partial charge in [-0.3, -0.25) is 0 Å². The van der Waals surface area contributed by atoms with Crippen molar-refractivity contribution in [3.05, 3.63) is 34.3 Å². The van der Waals surface area contributed by atoms with E-state index in [2.05, 4.69) is 33.4 Å². The number of ether oxygens (including phenoxy) is 1. The van der Waals surface area contributed by atoms with Gasteiger partial charge >= 0.3 is 0 Å². The molecule has 2 nitrogen and oxygen atoms in total. The molecule has 1 aromatic carbocycles. The molecular formula is C11H16BrNO. The Kier molecular flexibility index (Phi) is 5.15. The fraction of sp³-hybridized carbons (Fsp3) is 0.455. The lowest BCUT2D eigenvalue weighted by atomic mass is 10.1. The van der Waals surface area contributed by atoms with Gasteiger partial charge in [0.05, 0.1) is 6.10 Å². The molecule has 1 aromatic rings. The van der Waals surface area contributed by atoms with Crippen LogP contribution in [0.3, 0.4) is 0 Å². The van der Waals surface area contributed by atoms with E-state index in [0.29, 0.717) is 0 Å². The van der Waals surface area contributed by atoms with E-state index in [1.807, 2.05) is 26.1 Å². The first-order chi connectivity index (χ1) is 6.77. The van der Waals surface area contributed by atoms with Crippen molar-refractivity contribution >= 4 is 15.9 Å². The molecule has 0 amide bonds. The maximum absolute atomic E-state index is 5.63. The van der Waals surface area contributed by atoms with Crippen LogP contribution in [0, 0.1) is 0 Å². The molecule has 0 spiro atoms. The highest BCUT2D eigenvalue weighted by Gasteiger charge is 2.09. The Morgan fingerprint density at radius 1 is 1.36 bits per heavy atom. The van der Waals surface area contributed by atoms with Crippen LogP contribution in [0.25, 0.3) is 0 Å². The summed E-state index contributed by atoms with van der Waals surface area (Å²) in [6.07, 6.45) is 0.151. The van der Waals surface area contributed by atoms with E-state index in [9.17, 15) is 0 Å². The molecule has 14 heavy (non-hydrogen) atoms. The number of hydrogen-bond acceptors (Lipinski definition) is 2. The van der Waals surface area contributed by atoms with Crippen LogP contribution in [0.2, 0.25) is 0 Å². The molecule has 1 rings (SSSR count). The molecule has 0 radical (unpaired) electrons. The van der Waals surface area contributed by atoms with Gasteiger partial charge in [0.15, 0.2) is 0 Å². The minimum Gasteiger partial charge on any atom is -0.372 e. The van der Waals surface area contributed by atoms with Gasteiger partial charge in [0, 0.05) is 17.6 Å². The van der Waals surface area contributed by atoms with Crippen molar-refractivity contribution in [3.63, 3.8) is 0 Å². The molecule has 1 atom stereocenters. The molecular weight excluding hydrogens is 242 g/mol. The number of halogens is 1. The van der Waals surface area contributed by atoms with Crippen molar-refractivity contribution in [3.8, 4) is 0 Å². The molecule has 0 unspecified atom stereocenters. The average Bonchev–Trinajstić information content (AvgIpc) is 2.19. The molecule has 78 valence electrons. The molecule has 0 aliphatic carbocycles. The monoisotopic (exact) mass is 257 g/mol. The topological polar surface area (TPSA) is 21.3 Å². The lowest BCUT2D eigenvalue weighted by Gasteiger charge is -2.16. The summed E-state index contributed by atoms with van der Waals surface area (Å²) in [5, 5.41) is 3.13. The zero-order chi connectivity index (χ0) is 10.4. The Labute approximate surface area is 93.8 Å². The smallest absolute Gasteiger partial charge is 0.0948 e. The second-order valence-corrected chi connectivity index (χ2v) is 3.97. The molecule has 0 aliphatic rings. The summed E-state index contributed by atoms with van der Waals surface area (Å²) in [4.78, 5) is 0. The third-order valence-corrected chi connectivity index (χ3v) is 2.53. The molecule has 0 aliphatic heterocycles. The van der Waals surface area contributed by atoms with Crippen molar-refractivity contribution in [1.82, 2.24) is 5.32 Å². The predicted octanol–water partition coefficient (Wildman–Crippen LogP) is 2.75. The average molecular weight is 258 g/mol. The van der Waals surface area contributed by atoms with Gasteiger partial charge in [0.1, 0.15) is 0 Å². The second kappa shape index (κ2) is 6.17. The molecule has 3 heteroatoms. The summed E-state index contributed by atoms with van der Waals surface area (Å²) in [7, 11) is 1.94. The molecule has 0 aromatic heterocycles. The number of rotatable bonds is 5. The molecule has 0 bridgehead atoms. The number of hydrogen-bond donors (Lipinski definition) is 1. The molecule has 1 N–H and O–H groups in total. The van der Waals surface area contributed by atoms with Gasteiger partial charge in [-0.05, 0) is 31.7 Å². The maximum Gasteiger partial charge on any atom is 0.0948 e. The van der Waals surface area contributed by atoms with E-state index >= 15 is 0 Å². The number of nitrogens with one attached hydrogen (secondary N) is 1. The van der Waals surface area contributed by atoms with Gasteiger partial charge in [0.25, 0.3) is 0 Å². The third kappa shape index (κ3) is 3.40. The summed E-state index contributed by atoms with van der Waals surface area (Å²) >= 11 is 3.42. The zero-order valence-corrected chi connectivity index (χ0v) is 10.2. The minimum absolute atomic E-state index is 0.151. The van der Waals surface area contributed by atoms with Crippen molar-refractivity contribution in [1.29, 1.82) is 0 Å². The van der Waals surface area contributed by atoms with Gasteiger partial charge in [-0.15, -0.1) is 0 Å². The highest BCUT2D eigenvalue weighted by molar-refractivity contribution is 9.10. The van der Waals surface area contributed by atoms with Gasteiger partial charge in [-0.2, -0.15) is 0 Å². The summed E-state index contributed by atoms with van der Waals surface area (Å²) in [6.45, 7) is 3.60. The van der Waals surface area contributed by atoms with Gasteiger partial charge < -0.3 is 10.1 Å². The fourth-order valence-corrected chi connectivity index (χ4v) is 1.60. The van der Waals surface area contributed by atoms with E-state index in [1.54, 1.807) is 0 Å². The van der Waals surface area contributed by atoms with Gasteiger partial charge in [-0.25, -0.2) is 0 Å². The standard InChI is InChI=1S/C11H16BrNO/c1-3-14-11(8-13-2)9-4-6-10(12)7-5-9/h4-7,11,13H,3,8H2,1-2H3/t11-/m0/s1. The van der Waals surface area contributed by atoms with E-state index in [-0.39, 0.29) is 6.10 Å². The number of likely N-dealkylation sites (N-methyl/N-ethyl adjacent to an activating group) is 1. The van der Waals surface area contributed by atoms with Crippen molar-refractivity contribution in [2.45, 2.75) is 13.0 Å². The Hall–Kier alpha value is -0.380. The summed E-state index contributed by atoms with van der Waals surface area (Å²) in [6, 6.07) is 8.25. The first-order valence-electron chi connectivity index (χ1n) is 4.79. The Morgan fingerprint density at radius 2 is 2.00 bits per heavy atom. The van der Waals surface area contributed by atoms with E-state index < -0.39 is 0 Å². The van der Waals surface area contributed by atoms with Crippen LogP contribution < -0.4 is 5.32 Å². The largest absolute Gasteiger partial charge is 0.372 e. The Morgan fingerprint density at radius 3 is 2.50 bits per heavy atom. The highest BCUT2D eigenvalue weighted by Crippen LogP contribution is 2.19. The van der Waals surface area contributed by atoms with Crippen LogP contribution in [0.1, 0.15) is 18.6 Å². The van der Waals surface area contributed by atoms with Crippen LogP contribution in [-0.2, 0) is 4.74 Å². The van der Waals surface area contributed by atoms with Crippen LogP contribution in [0.4, 0.5) is 0 Å². The summed E-state index contributed by atoms with van der Waals surface area (Å²) in [5.41, 5.74) is 1.21. The second-order valence-electron chi connectivity index (χ2n) is 3.05. The lowest BCUT2D eigenvalue weighted by molar-refractivity contribution is 0.0638. The Balaban J connectivity index is 2.71. The lowest BCUT2D eigenvalue weighted by Crippen LogP contribution is -2.19. The normalized spacial score (nSPS) is 12.8. The van der Waals surface area contributed by atoms with Crippen LogP contribution in [0.5, 0.6) is 0 Å². The van der Waals surface area contributed by atoms with E-state index in [1.165, 1.54) is 5.56 Å². The highest BCUT2D eigenvalue weighted by atomic mass is 79.9. The maximum atomic E-state index is 5.63. The summed E-state index contributed by atoms with van der Waals surface area (Å²) < 4.78 is 6.73. The quantitative estimate of drug-likeness (QED) is 0.876. The minimum atomic E-state index is 0.151. The molecule has 0 heterocycles. The van der Waals surface area contributed by atoms with Gasteiger partial charge in [0.2, 0.25) is 0 Å². The molecule has 0 fully saturated rings. The Bertz CT molecular complexity index is 254. The zero-order valence-electron chi connectivity index (χ0n) is 8.59. The number of benzene rings is 1. The van der Waals surface area contributed by atoms with Crippen molar-refractivity contribution in [2.75, 3.05) is 20.2 Å². The predicted molar refractivity (Wildman–Crippen MR) is 62.4 cm³/mol. The third-order valence-electron chi connectivity index (χ3n) is 2.00. The van der Waals surface area contributed by atoms with E-state index in [4.69, 9.17) is 4.74 Å². The van der Waals surface area contributed by atoms with Crippen molar-refractivity contribution in [2.24, 2.45) is 0 Å². The van der Waals surface area contributed by atoms with Gasteiger partial charge in [-0.1, -0.05) is 28.1 Å².